The maximum Gasteiger partial charge on any atom is 0.256 e. The van der Waals surface area contributed by atoms with Gasteiger partial charge in [-0.2, -0.15) is 0 Å². The predicted octanol–water partition coefficient (Wildman–Crippen LogP) is 2.61. The van der Waals surface area contributed by atoms with E-state index in [2.05, 4.69) is 17.0 Å². The molecule has 0 saturated carbocycles. The maximum atomic E-state index is 12.8. The van der Waals surface area contributed by atoms with Gasteiger partial charge in [0.05, 0.1) is 5.56 Å². The Bertz CT molecular complexity index is 518. The van der Waals surface area contributed by atoms with Crippen molar-refractivity contribution >= 4 is 36.4 Å². The zero-order valence-electron chi connectivity index (χ0n) is 13.0. The Balaban J connectivity index is 0.00000121. The van der Waals surface area contributed by atoms with Crippen LogP contribution in [0, 0.1) is 6.92 Å². The molecule has 2 fully saturated rings. The van der Waals surface area contributed by atoms with E-state index in [0.29, 0.717) is 6.54 Å². The van der Waals surface area contributed by atoms with Gasteiger partial charge < -0.3 is 15.5 Å². The summed E-state index contributed by atoms with van der Waals surface area (Å²) in [5.74, 6) is 0.142. The Hall–Kier alpha value is -0.970. The van der Waals surface area contributed by atoms with E-state index < -0.39 is 0 Å². The monoisotopic (exact) mass is 345 g/mol. The fourth-order valence-electron chi connectivity index (χ4n) is 3.20. The normalized spacial score (nSPS) is 20.5. The predicted molar refractivity (Wildman–Crippen MR) is 95.6 cm³/mol. The molecule has 1 aromatic rings. The summed E-state index contributed by atoms with van der Waals surface area (Å²) in [6.45, 7) is 5.63. The Kier molecular flexibility index (Phi) is 6.98. The molecular formula is C16H25Cl2N3O. The molecule has 2 aliphatic rings. The number of nitrogens with two attached hydrogens (primary N) is 1. The lowest BCUT2D eigenvalue weighted by Crippen LogP contribution is -2.33. The van der Waals surface area contributed by atoms with Crippen molar-refractivity contribution in [2.75, 3.05) is 31.1 Å². The van der Waals surface area contributed by atoms with Crippen molar-refractivity contribution in [3.05, 3.63) is 29.3 Å². The first-order valence-corrected chi connectivity index (χ1v) is 7.55. The third kappa shape index (κ3) is 3.86. The molecule has 1 aromatic carbocycles. The quantitative estimate of drug-likeness (QED) is 0.896. The van der Waals surface area contributed by atoms with Crippen molar-refractivity contribution in [3.8, 4) is 0 Å². The summed E-state index contributed by atoms with van der Waals surface area (Å²) in [6.07, 6.45) is 3.35. The molecule has 2 N–H and O–H groups in total. The number of carbonyl (C=O) groups excluding carboxylic acids is 1. The second-order valence-electron chi connectivity index (χ2n) is 6.01. The van der Waals surface area contributed by atoms with Gasteiger partial charge in [0.25, 0.3) is 5.91 Å². The van der Waals surface area contributed by atoms with E-state index in [-0.39, 0.29) is 36.8 Å². The number of benzene rings is 1. The second-order valence-corrected chi connectivity index (χ2v) is 6.01. The number of amides is 1. The van der Waals surface area contributed by atoms with Gasteiger partial charge in [0.2, 0.25) is 0 Å². The van der Waals surface area contributed by atoms with Crippen LogP contribution in [0.2, 0.25) is 0 Å². The number of rotatable bonds is 2. The molecule has 0 radical (unpaired) electrons. The highest BCUT2D eigenvalue weighted by Crippen LogP contribution is 2.27. The van der Waals surface area contributed by atoms with Crippen LogP contribution in [0.25, 0.3) is 0 Å². The van der Waals surface area contributed by atoms with Crippen LogP contribution < -0.4 is 10.6 Å². The summed E-state index contributed by atoms with van der Waals surface area (Å²) in [6, 6.07) is 6.36. The highest BCUT2D eigenvalue weighted by atomic mass is 35.5. The molecule has 0 spiro atoms. The number of hydrogen-bond acceptors (Lipinski definition) is 3. The zero-order chi connectivity index (χ0) is 14.1. The molecule has 4 nitrogen and oxygen atoms in total. The zero-order valence-corrected chi connectivity index (χ0v) is 14.6. The molecule has 124 valence electrons. The molecule has 2 aliphatic heterocycles. The van der Waals surface area contributed by atoms with Crippen molar-refractivity contribution in [1.29, 1.82) is 0 Å². The Morgan fingerprint density at radius 3 is 2.45 bits per heavy atom. The van der Waals surface area contributed by atoms with E-state index in [1.54, 1.807) is 0 Å². The molecular weight excluding hydrogens is 321 g/mol. The largest absolute Gasteiger partial charge is 0.371 e. The summed E-state index contributed by atoms with van der Waals surface area (Å²) in [7, 11) is 0. The van der Waals surface area contributed by atoms with Crippen molar-refractivity contribution in [3.63, 3.8) is 0 Å². The van der Waals surface area contributed by atoms with Gasteiger partial charge in [0.1, 0.15) is 0 Å². The van der Waals surface area contributed by atoms with Crippen LogP contribution in [0.4, 0.5) is 5.69 Å². The van der Waals surface area contributed by atoms with Crippen LogP contribution in [-0.4, -0.2) is 43.0 Å². The maximum absolute atomic E-state index is 12.8. The Morgan fingerprint density at radius 2 is 1.86 bits per heavy atom. The topological polar surface area (TPSA) is 49.6 Å². The first-order valence-electron chi connectivity index (χ1n) is 7.55. The standard InChI is InChI=1S/C16H23N3O.2ClH/c1-12-4-5-15(18-7-2-3-8-18)14(10-12)16(20)19-9-6-13(17)11-19;;/h4-5,10,13H,2-3,6-9,11,17H2,1H3;2*1H/t13-;;/m1../s1. The summed E-state index contributed by atoms with van der Waals surface area (Å²) >= 11 is 0. The van der Waals surface area contributed by atoms with Gasteiger partial charge >= 0.3 is 0 Å². The average Bonchev–Trinajstić information content (AvgIpc) is 3.09. The summed E-state index contributed by atoms with van der Waals surface area (Å²) in [5.41, 5.74) is 9.01. The molecule has 22 heavy (non-hydrogen) atoms. The third-order valence-electron chi connectivity index (χ3n) is 4.34. The van der Waals surface area contributed by atoms with Gasteiger partial charge in [0, 0.05) is 37.9 Å². The molecule has 3 rings (SSSR count). The highest BCUT2D eigenvalue weighted by molar-refractivity contribution is 6.00. The molecule has 6 heteroatoms. The number of anilines is 1. The lowest BCUT2D eigenvalue weighted by atomic mass is 10.1. The molecule has 2 saturated heterocycles. The average molecular weight is 346 g/mol. The van der Waals surface area contributed by atoms with E-state index >= 15 is 0 Å². The van der Waals surface area contributed by atoms with Gasteiger partial charge in [0.15, 0.2) is 0 Å². The van der Waals surface area contributed by atoms with Crippen LogP contribution in [0.1, 0.15) is 35.2 Å². The van der Waals surface area contributed by atoms with Gasteiger partial charge in [-0.1, -0.05) is 11.6 Å². The lowest BCUT2D eigenvalue weighted by Gasteiger charge is -2.24. The molecule has 0 aliphatic carbocycles. The lowest BCUT2D eigenvalue weighted by molar-refractivity contribution is 0.0791. The first kappa shape index (κ1) is 19.1. The minimum Gasteiger partial charge on any atom is -0.371 e. The molecule has 0 aromatic heterocycles. The molecule has 1 atom stereocenters. The Labute approximate surface area is 144 Å². The van der Waals surface area contributed by atoms with Crippen LogP contribution in [0.5, 0.6) is 0 Å². The van der Waals surface area contributed by atoms with E-state index in [0.717, 1.165) is 42.9 Å². The van der Waals surface area contributed by atoms with Crippen LogP contribution in [0.15, 0.2) is 18.2 Å². The van der Waals surface area contributed by atoms with E-state index in [9.17, 15) is 4.79 Å². The van der Waals surface area contributed by atoms with Crippen LogP contribution >= 0.6 is 24.8 Å². The number of nitrogens with zero attached hydrogens (tertiary/aromatic N) is 2. The third-order valence-corrected chi connectivity index (χ3v) is 4.34. The second kappa shape index (κ2) is 8.04. The van der Waals surface area contributed by atoms with Crippen molar-refractivity contribution in [1.82, 2.24) is 4.90 Å². The number of halogens is 2. The van der Waals surface area contributed by atoms with E-state index in [1.165, 1.54) is 12.8 Å². The van der Waals surface area contributed by atoms with Gasteiger partial charge in [-0.3, -0.25) is 4.79 Å². The minimum absolute atomic E-state index is 0. The number of carbonyl (C=O) groups is 1. The van der Waals surface area contributed by atoms with Crippen molar-refractivity contribution in [2.45, 2.75) is 32.2 Å². The van der Waals surface area contributed by atoms with E-state index in [1.807, 2.05) is 17.9 Å². The number of likely N-dealkylation sites (tertiary alicyclic amines) is 1. The molecule has 2 heterocycles. The molecule has 1 amide bonds. The van der Waals surface area contributed by atoms with Gasteiger partial charge in [-0.05, 0) is 38.3 Å². The smallest absolute Gasteiger partial charge is 0.256 e. The fourth-order valence-corrected chi connectivity index (χ4v) is 3.20. The highest BCUT2D eigenvalue weighted by Gasteiger charge is 2.27. The number of aryl methyl sites for hydroxylation is 1. The first-order chi connectivity index (χ1) is 9.65. The van der Waals surface area contributed by atoms with Crippen LogP contribution in [0.3, 0.4) is 0 Å². The fraction of sp³-hybridized carbons (Fsp3) is 0.562. The summed E-state index contributed by atoms with van der Waals surface area (Å²) in [5, 5.41) is 0. The number of hydrogen-bond donors (Lipinski definition) is 1. The molecule has 0 bridgehead atoms. The van der Waals surface area contributed by atoms with Crippen LogP contribution in [-0.2, 0) is 0 Å². The summed E-state index contributed by atoms with van der Waals surface area (Å²) in [4.78, 5) is 17.0. The van der Waals surface area contributed by atoms with Crippen molar-refractivity contribution in [2.24, 2.45) is 5.73 Å². The molecule has 0 unspecified atom stereocenters. The van der Waals surface area contributed by atoms with E-state index in [4.69, 9.17) is 5.73 Å². The van der Waals surface area contributed by atoms with Crippen molar-refractivity contribution < 1.29 is 4.79 Å². The van der Waals surface area contributed by atoms with Gasteiger partial charge in [-0.15, -0.1) is 24.8 Å². The van der Waals surface area contributed by atoms with Gasteiger partial charge in [-0.25, -0.2) is 0 Å². The SMILES string of the molecule is Cc1ccc(N2CCCC2)c(C(=O)N2CC[C@@H](N)C2)c1.Cl.Cl. The minimum atomic E-state index is 0. The Morgan fingerprint density at radius 1 is 1.18 bits per heavy atom. The summed E-state index contributed by atoms with van der Waals surface area (Å²) < 4.78 is 0.